The molecule has 1 heterocycles. The molecule has 0 fully saturated rings. The molecule has 2 aromatic carbocycles. The Morgan fingerprint density at radius 2 is 1.93 bits per heavy atom. The lowest BCUT2D eigenvalue weighted by Crippen LogP contribution is -2.30. The SMILES string of the molecule is COc1ccc(-c2nc(SC(C)C(=O)NCc3ccc(Cl)cc3)n[nH]2)cc1. The second-order valence-electron chi connectivity index (χ2n) is 5.80. The summed E-state index contributed by atoms with van der Waals surface area (Å²) >= 11 is 7.16. The molecule has 1 unspecified atom stereocenters. The Hall–Kier alpha value is -2.51. The third kappa shape index (κ3) is 5.24. The van der Waals surface area contributed by atoms with Crippen molar-refractivity contribution in [2.45, 2.75) is 23.9 Å². The van der Waals surface area contributed by atoms with Crippen LogP contribution in [-0.2, 0) is 11.3 Å². The molecule has 0 saturated carbocycles. The fourth-order valence-corrected chi connectivity index (χ4v) is 3.20. The Morgan fingerprint density at radius 3 is 2.59 bits per heavy atom. The molecular formula is C19H19ClN4O2S. The zero-order valence-electron chi connectivity index (χ0n) is 14.9. The van der Waals surface area contributed by atoms with E-state index < -0.39 is 0 Å². The molecule has 8 heteroatoms. The van der Waals surface area contributed by atoms with Crippen LogP contribution in [0.15, 0.2) is 53.7 Å². The smallest absolute Gasteiger partial charge is 0.233 e. The van der Waals surface area contributed by atoms with Crippen LogP contribution in [0.2, 0.25) is 5.02 Å². The van der Waals surface area contributed by atoms with Crippen molar-refractivity contribution in [2.24, 2.45) is 0 Å². The maximum Gasteiger partial charge on any atom is 0.233 e. The van der Waals surface area contributed by atoms with Gasteiger partial charge in [-0.05, 0) is 48.9 Å². The number of carbonyl (C=O) groups is 1. The number of aromatic nitrogens is 3. The highest BCUT2D eigenvalue weighted by atomic mass is 35.5. The van der Waals surface area contributed by atoms with Crippen molar-refractivity contribution in [1.29, 1.82) is 0 Å². The molecule has 1 amide bonds. The predicted molar refractivity (Wildman–Crippen MR) is 107 cm³/mol. The second kappa shape index (κ2) is 8.92. The quantitative estimate of drug-likeness (QED) is 0.585. The van der Waals surface area contributed by atoms with Crippen molar-refractivity contribution in [3.8, 4) is 17.1 Å². The van der Waals surface area contributed by atoms with Crippen LogP contribution in [-0.4, -0.2) is 33.4 Å². The number of nitrogens with zero attached hydrogens (tertiary/aromatic N) is 2. The van der Waals surface area contributed by atoms with E-state index in [0.717, 1.165) is 16.9 Å². The summed E-state index contributed by atoms with van der Waals surface area (Å²) in [5, 5.41) is 10.9. The number of amides is 1. The van der Waals surface area contributed by atoms with Crippen LogP contribution >= 0.6 is 23.4 Å². The number of hydrogen-bond donors (Lipinski definition) is 2. The van der Waals surface area contributed by atoms with E-state index >= 15 is 0 Å². The molecule has 6 nitrogen and oxygen atoms in total. The highest BCUT2D eigenvalue weighted by molar-refractivity contribution is 8.00. The maximum absolute atomic E-state index is 12.3. The van der Waals surface area contributed by atoms with E-state index in [9.17, 15) is 4.79 Å². The van der Waals surface area contributed by atoms with Crippen LogP contribution in [0.5, 0.6) is 5.75 Å². The first kappa shape index (κ1) is 19.3. The zero-order chi connectivity index (χ0) is 19.2. The van der Waals surface area contributed by atoms with E-state index in [1.807, 2.05) is 43.3 Å². The molecule has 0 aliphatic carbocycles. The molecule has 3 aromatic rings. The summed E-state index contributed by atoms with van der Waals surface area (Å²) in [6, 6.07) is 14.9. The van der Waals surface area contributed by atoms with Gasteiger partial charge in [-0.2, -0.15) is 0 Å². The van der Waals surface area contributed by atoms with Gasteiger partial charge in [0.2, 0.25) is 11.1 Å². The van der Waals surface area contributed by atoms with Gasteiger partial charge in [-0.25, -0.2) is 4.98 Å². The molecule has 2 N–H and O–H groups in total. The third-order valence-corrected chi connectivity index (χ3v) is 5.07. The highest BCUT2D eigenvalue weighted by Crippen LogP contribution is 2.24. The minimum absolute atomic E-state index is 0.0780. The first-order valence-corrected chi connectivity index (χ1v) is 9.56. The number of carbonyl (C=O) groups excluding carboxylic acids is 1. The first-order chi connectivity index (χ1) is 13.0. The number of aromatic amines is 1. The second-order valence-corrected chi connectivity index (χ2v) is 7.54. The Morgan fingerprint density at radius 1 is 1.22 bits per heavy atom. The highest BCUT2D eigenvalue weighted by Gasteiger charge is 2.17. The van der Waals surface area contributed by atoms with Crippen molar-refractivity contribution in [1.82, 2.24) is 20.5 Å². The normalized spacial score (nSPS) is 11.8. The number of halogens is 1. The van der Waals surface area contributed by atoms with E-state index in [1.54, 1.807) is 19.2 Å². The van der Waals surface area contributed by atoms with Crippen LogP contribution < -0.4 is 10.1 Å². The van der Waals surface area contributed by atoms with Gasteiger partial charge in [-0.1, -0.05) is 35.5 Å². The minimum atomic E-state index is -0.322. The van der Waals surface area contributed by atoms with Crippen LogP contribution in [0, 0.1) is 0 Å². The Bertz CT molecular complexity index is 897. The van der Waals surface area contributed by atoms with Crippen LogP contribution in [0.1, 0.15) is 12.5 Å². The number of nitrogens with one attached hydrogen (secondary N) is 2. The summed E-state index contributed by atoms with van der Waals surface area (Å²) < 4.78 is 5.15. The van der Waals surface area contributed by atoms with Crippen LogP contribution in [0.25, 0.3) is 11.4 Å². The summed E-state index contributed by atoms with van der Waals surface area (Å²) in [6.07, 6.45) is 0. The van der Waals surface area contributed by atoms with E-state index in [1.165, 1.54) is 11.8 Å². The minimum Gasteiger partial charge on any atom is -0.497 e. The molecule has 0 aliphatic heterocycles. The molecule has 3 rings (SSSR count). The summed E-state index contributed by atoms with van der Waals surface area (Å²) in [4.78, 5) is 16.7. The third-order valence-electron chi connectivity index (χ3n) is 3.86. The number of methoxy groups -OCH3 is 1. The van der Waals surface area contributed by atoms with Crippen molar-refractivity contribution in [3.63, 3.8) is 0 Å². The van der Waals surface area contributed by atoms with Gasteiger partial charge in [0.1, 0.15) is 5.75 Å². The lowest BCUT2D eigenvalue weighted by atomic mass is 10.2. The molecule has 0 spiro atoms. The van der Waals surface area contributed by atoms with Gasteiger partial charge in [0.05, 0.1) is 12.4 Å². The van der Waals surface area contributed by atoms with Gasteiger partial charge in [0.25, 0.3) is 0 Å². The number of thioether (sulfide) groups is 1. The van der Waals surface area contributed by atoms with Gasteiger partial charge in [0.15, 0.2) is 5.82 Å². The molecule has 1 aromatic heterocycles. The van der Waals surface area contributed by atoms with Gasteiger partial charge in [-0.15, -0.1) is 5.10 Å². The number of hydrogen-bond acceptors (Lipinski definition) is 5. The molecule has 27 heavy (non-hydrogen) atoms. The van der Waals surface area contributed by atoms with E-state index in [-0.39, 0.29) is 11.2 Å². The van der Waals surface area contributed by atoms with Crippen molar-refractivity contribution in [2.75, 3.05) is 7.11 Å². The Labute approximate surface area is 166 Å². The number of H-pyrrole nitrogens is 1. The fourth-order valence-electron chi connectivity index (χ4n) is 2.32. The predicted octanol–water partition coefficient (Wildman–Crippen LogP) is 3.93. The monoisotopic (exact) mass is 402 g/mol. The van der Waals surface area contributed by atoms with Crippen molar-refractivity contribution in [3.05, 3.63) is 59.1 Å². The molecule has 0 saturated heterocycles. The van der Waals surface area contributed by atoms with E-state index in [4.69, 9.17) is 16.3 Å². The van der Waals surface area contributed by atoms with E-state index in [2.05, 4.69) is 20.5 Å². The maximum atomic E-state index is 12.3. The molecule has 140 valence electrons. The Balaban J connectivity index is 1.55. The van der Waals surface area contributed by atoms with Crippen LogP contribution in [0.3, 0.4) is 0 Å². The molecular weight excluding hydrogens is 384 g/mol. The summed E-state index contributed by atoms with van der Waals surface area (Å²) in [5.74, 6) is 1.35. The summed E-state index contributed by atoms with van der Waals surface area (Å²) in [6.45, 7) is 2.28. The van der Waals surface area contributed by atoms with Crippen molar-refractivity contribution < 1.29 is 9.53 Å². The number of rotatable bonds is 7. The molecule has 0 radical (unpaired) electrons. The largest absolute Gasteiger partial charge is 0.497 e. The first-order valence-electron chi connectivity index (χ1n) is 8.31. The Kier molecular flexibility index (Phi) is 6.36. The van der Waals surface area contributed by atoms with E-state index in [0.29, 0.717) is 22.5 Å². The van der Waals surface area contributed by atoms with Crippen LogP contribution in [0.4, 0.5) is 0 Å². The zero-order valence-corrected chi connectivity index (χ0v) is 16.5. The standard InChI is InChI=1S/C19H19ClN4O2S/c1-12(18(25)21-11-13-3-7-15(20)8-4-13)27-19-22-17(23-24-19)14-5-9-16(26-2)10-6-14/h3-10,12H,11H2,1-2H3,(H,21,25)(H,22,23,24). The number of benzene rings is 2. The van der Waals surface area contributed by atoms with Crippen molar-refractivity contribution >= 4 is 29.3 Å². The molecule has 1 atom stereocenters. The molecule has 0 aliphatic rings. The summed E-state index contributed by atoms with van der Waals surface area (Å²) in [7, 11) is 1.62. The fraction of sp³-hybridized carbons (Fsp3) is 0.211. The van der Waals surface area contributed by atoms with Gasteiger partial charge in [0, 0.05) is 17.1 Å². The lowest BCUT2D eigenvalue weighted by Gasteiger charge is -2.10. The summed E-state index contributed by atoms with van der Waals surface area (Å²) in [5.41, 5.74) is 1.89. The van der Waals surface area contributed by atoms with Gasteiger partial charge >= 0.3 is 0 Å². The topological polar surface area (TPSA) is 79.9 Å². The lowest BCUT2D eigenvalue weighted by molar-refractivity contribution is -0.120. The average molecular weight is 403 g/mol. The average Bonchev–Trinajstić information content (AvgIpc) is 3.15. The molecule has 0 bridgehead atoms. The van der Waals surface area contributed by atoms with Gasteiger partial charge in [-0.3, -0.25) is 9.89 Å². The van der Waals surface area contributed by atoms with Gasteiger partial charge < -0.3 is 10.1 Å². The number of ether oxygens (including phenoxy) is 1.